The van der Waals surface area contributed by atoms with Gasteiger partial charge in [-0.3, -0.25) is 52.9 Å². The number of amides is 2. The number of nitrogens with two attached hydrogens (primary N) is 5. The molecule has 2 amide bonds. The van der Waals surface area contributed by atoms with Crippen molar-refractivity contribution in [1.82, 2.24) is 15.6 Å². The Bertz CT molecular complexity index is 2180. The fraction of sp³-hybridized carbons (Fsp3) is 0.534. The van der Waals surface area contributed by atoms with E-state index in [1.165, 1.54) is 18.2 Å². The number of allylic oxidation sites excluding steroid dienone is 2. The Kier molecular flexibility index (Phi) is 130. The van der Waals surface area contributed by atoms with E-state index in [0.717, 1.165) is 69.2 Å². The minimum absolute atomic E-state index is 0. The number of halogens is 2. The predicted molar refractivity (Wildman–Crippen MR) is 354 cm³/mol. The smallest absolute Gasteiger partial charge is 0.665 e. The number of unbranched alkanes of at least 4 members (excludes halogenated alkanes) is 7. The second-order valence-electron chi connectivity index (χ2n) is 18.4. The first-order chi connectivity index (χ1) is 41.4. The Balaban J connectivity index is -0.0000000558. The van der Waals surface area contributed by atoms with Gasteiger partial charge in [0.1, 0.15) is 23.3 Å². The standard InChI is InChI=1S/C10H17NO3.2C9H15N2O3.C9H7NO.C6H14N2O2.2C6H13N2O2.C3H3ClO.ClH.3Co.4Cu.2H2O/c1-2-8(12)6-4-3-5-7-9(11)10(13)14;2*1-2-8(12)11-6-4-3-5-7(10)9(13)14;11-8-5-1-3-7-4-2-6-10-9(7)8;3*7-4-2-1-3-5(8)6(9)10;1-2-3(4)5;;;;;;;;;;/h2,9H,1,3-7,11H2,(H,13,14);2*2,7,10H,1,3-6H2,(H,11,12)(H,13,14);1-6,11H;5H,1-4,7-8H2,(H,9,10);2*5,8H,1-4,7H2,(H,9,10);2H,1H2;1H;;;;;;;;2*1H2/q;2*-1;;;2*-1;;;;;;;;2*+2;;/t9-;2*7-;;3*5-;;;;;;;;;;;/m000.000.........../s1. The van der Waals surface area contributed by atoms with E-state index >= 15 is 0 Å². The molecule has 0 saturated carbocycles. The second kappa shape index (κ2) is 95.3. The van der Waals surface area contributed by atoms with Crippen LogP contribution in [0.25, 0.3) is 33.8 Å². The minimum Gasteiger partial charge on any atom is -0.665 e. The third-order valence-electron chi connectivity index (χ3n) is 10.9. The van der Waals surface area contributed by atoms with Gasteiger partial charge in [0, 0.05) is 116 Å². The number of carboxylic acid groups (broad SMARTS) is 6. The zero-order valence-electron chi connectivity index (χ0n) is 53.8. The molecule has 40 heteroatoms. The molecule has 6 atom stereocenters. The zero-order valence-corrected chi connectivity index (χ0v) is 62.2. The molecule has 0 bridgehead atoms. The normalized spacial score (nSPS) is 10.6. The van der Waals surface area contributed by atoms with Crippen molar-refractivity contribution in [1.29, 1.82) is 0 Å². The van der Waals surface area contributed by atoms with E-state index in [2.05, 4.69) is 41.9 Å². The first-order valence-corrected chi connectivity index (χ1v) is 28.4. The number of hydrogen-bond acceptors (Lipinski definition) is 17. The first-order valence-electron chi connectivity index (χ1n) is 28.1. The van der Waals surface area contributed by atoms with Gasteiger partial charge >= 0.3 is 46.1 Å². The Hall–Kier alpha value is -3.77. The van der Waals surface area contributed by atoms with Crippen LogP contribution >= 0.6 is 24.0 Å². The van der Waals surface area contributed by atoms with E-state index in [1.807, 2.05) is 18.2 Å². The van der Waals surface area contributed by atoms with Crippen molar-refractivity contribution in [2.24, 2.45) is 28.7 Å². The number of nitrogens with zero attached hydrogens (tertiary/aromatic N) is 1. The monoisotopic (exact) mass is 1770 g/mol. The third-order valence-corrected chi connectivity index (χ3v) is 11.1. The molecule has 593 valence electrons. The van der Waals surface area contributed by atoms with E-state index in [1.54, 1.807) is 18.3 Å². The number of fused-ring (bicyclic) bond motifs is 1. The third kappa shape index (κ3) is 98.6. The number of hydrogen-bond donors (Lipinski definition) is 14. The summed E-state index contributed by atoms with van der Waals surface area (Å²) in [5.41, 5.74) is 54.8. The van der Waals surface area contributed by atoms with E-state index in [0.29, 0.717) is 109 Å². The summed E-state index contributed by atoms with van der Waals surface area (Å²) in [5.74, 6) is -6.37. The molecule has 0 fully saturated rings. The van der Waals surface area contributed by atoms with Crippen molar-refractivity contribution in [3.8, 4) is 5.75 Å². The zero-order chi connectivity index (χ0) is 68.8. The number of carbonyl (C=O) groups is 10. The van der Waals surface area contributed by atoms with Crippen molar-refractivity contribution >= 4 is 93.6 Å². The Morgan fingerprint density at radius 2 is 0.776 bits per heavy atom. The van der Waals surface area contributed by atoms with Gasteiger partial charge in [-0.2, -0.15) is 0 Å². The Labute approximate surface area is 659 Å². The number of benzene rings is 1. The summed E-state index contributed by atoms with van der Waals surface area (Å²) < 4.78 is 0. The summed E-state index contributed by atoms with van der Waals surface area (Å²) in [7, 11) is 0. The maximum atomic E-state index is 10.8. The molecule has 27 N–H and O–H groups in total. The number of aromatic nitrogens is 1. The van der Waals surface area contributed by atoms with Crippen molar-refractivity contribution in [3.63, 3.8) is 0 Å². The maximum absolute atomic E-state index is 10.8. The Morgan fingerprint density at radius 3 is 1.04 bits per heavy atom. The maximum Gasteiger partial charge on any atom is 2.00 e. The molecule has 1 aromatic heterocycles. The van der Waals surface area contributed by atoms with Crippen LogP contribution in [0.15, 0.2) is 87.1 Å². The van der Waals surface area contributed by atoms with Crippen LogP contribution in [0.4, 0.5) is 0 Å². The molecule has 98 heavy (non-hydrogen) atoms. The number of ketones is 1. The molecule has 31 nitrogen and oxygen atoms in total. The average molecular weight is 1770 g/mol. The fourth-order valence-corrected chi connectivity index (χ4v) is 5.78. The summed E-state index contributed by atoms with van der Waals surface area (Å²) in [5, 5.41) is 65.0. The molecule has 0 aliphatic carbocycles. The van der Waals surface area contributed by atoms with Gasteiger partial charge in [0.2, 0.25) is 17.1 Å². The van der Waals surface area contributed by atoms with Gasteiger partial charge in [-0.25, -0.2) is 0 Å². The summed E-state index contributed by atoms with van der Waals surface area (Å²) in [6, 6.07) is 3.60. The van der Waals surface area contributed by atoms with E-state index in [-0.39, 0.29) is 165 Å². The van der Waals surface area contributed by atoms with E-state index < -0.39 is 77.3 Å². The molecule has 0 saturated heterocycles. The predicted octanol–water partition coefficient (Wildman–Crippen LogP) is 5.43. The van der Waals surface area contributed by atoms with Gasteiger partial charge in [-0.1, -0.05) is 115 Å². The minimum atomic E-state index is -1.10. The molecule has 0 spiro atoms. The van der Waals surface area contributed by atoms with Gasteiger partial charge in [0.15, 0.2) is 5.78 Å². The van der Waals surface area contributed by atoms with Gasteiger partial charge < -0.3 is 109 Å². The second-order valence-corrected chi connectivity index (χ2v) is 18.8. The number of phenols is 1. The van der Waals surface area contributed by atoms with Crippen LogP contribution in [0.5, 0.6) is 5.75 Å². The molecular formula is C58H102Cl2Co3Cu4N12O19. The number of nitrogens with one attached hydrogen (secondary N) is 6. The van der Waals surface area contributed by atoms with Crippen LogP contribution in [0.1, 0.15) is 128 Å². The van der Waals surface area contributed by atoms with Crippen LogP contribution in [-0.2, 0) is 167 Å². The van der Waals surface area contributed by atoms with Crippen LogP contribution in [-0.4, -0.2) is 179 Å². The number of carboxylic acids is 6. The largest absolute Gasteiger partial charge is 2.00 e. The molecule has 0 aliphatic heterocycles. The van der Waals surface area contributed by atoms with Crippen molar-refractivity contribution in [2.45, 2.75) is 165 Å². The van der Waals surface area contributed by atoms with E-state index in [9.17, 15) is 53.1 Å². The van der Waals surface area contributed by atoms with Crippen molar-refractivity contribution in [3.05, 3.63) is 110 Å². The van der Waals surface area contributed by atoms with Gasteiger partial charge in [0.25, 0.3) is 23.9 Å². The number of rotatable bonds is 38. The molecule has 2 aromatic rings. The molecule has 7 radical (unpaired) electrons. The number of phenolic OH excluding ortho intramolecular Hbond substituents is 1. The summed E-state index contributed by atoms with van der Waals surface area (Å²) >= 11 is 4.71. The molecule has 0 aliphatic rings. The van der Waals surface area contributed by atoms with Crippen LogP contribution in [0.2, 0.25) is 0 Å². The van der Waals surface area contributed by atoms with Gasteiger partial charge in [0.05, 0.1) is 0 Å². The molecular weight excluding hydrogens is 1670 g/mol. The Morgan fingerprint density at radius 1 is 0.480 bits per heavy atom. The number of pyridine rings is 1. The van der Waals surface area contributed by atoms with Crippen LogP contribution in [0, 0.1) is 0 Å². The number of aliphatic carboxylic acids is 6. The molecule has 0 unspecified atom stereocenters. The van der Waals surface area contributed by atoms with Crippen LogP contribution < -0.4 is 39.3 Å². The van der Waals surface area contributed by atoms with Gasteiger partial charge in [-0.15, -0.1) is 12.4 Å². The first kappa shape index (κ1) is 134. The molecule has 1 heterocycles. The number of para-hydroxylation sites is 1. The van der Waals surface area contributed by atoms with Crippen molar-refractivity contribution < 1.29 is 213 Å². The topological polar surface area (TPSA) is 638 Å². The van der Waals surface area contributed by atoms with Gasteiger partial charge in [-0.05, 0) is 143 Å². The SMILES string of the molecule is C=CC(=O)CCCCC[C@H](N)C(=O)O.C=CC(=O)Cl.C=CC(=O)NCCCC[C@H]([NH-])C(=O)O.C=CC(=O)NCCCC[C@H]([NH-])C(=O)O.Cl.NCCCC[C@H](N)C(=O)O.O.O.Oc1cccc2cccnc12.[Co].[Co].[Co].[Cu+2].[Cu+2].[Cu].[Cu].[NH-][C@@H](CCCCN)C(=O)O.[NH-][C@@H](CCCCN)C(=O)O. The summed E-state index contributed by atoms with van der Waals surface area (Å²) in [6.45, 7) is 15.8. The number of aromatic hydroxyl groups is 1. The number of carbonyl (C=O) groups excluding carboxylic acids is 4. The van der Waals surface area contributed by atoms with E-state index in [4.69, 9.17) is 93.8 Å². The van der Waals surface area contributed by atoms with Crippen molar-refractivity contribution in [2.75, 3.05) is 32.7 Å². The summed E-state index contributed by atoms with van der Waals surface area (Å²) in [6.07, 6.45) is 19.0. The molecule has 2 rings (SSSR count). The van der Waals surface area contributed by atoms with Crippen LogP contribution in [0.3, 0.4) is 0 Å². The fourth-order valence-electron chi connectivity index (χ4n) is 5.78. The average Bonchev–Trinajstić information content (AvgIpc) is 0.853. The summed E-state index contributed by atoms with van der Waals surface area (Å²) in [4.78, 5) is 107. The quantitative estimate of drug-likeness (QED) is 0.0172. The molecule has 1 aromatic carbocycles.